The van der Waals surface area contributed by atoms with Crippen LogP contribution in [0, 0.1) is 18.8 Å². The van der Waals surface area contributed by atoms with Crippen molar-refractivity contribution < 1.29 is 4.42 Å². The fourth-order valence-electron chi connectivity index (χ4n) is 1.70. The average Bonchev–Trinajstić information content (AvgIpc) is 2.46. The maximum Gasteiger partial charge on any atom is 0.107 e. The van der Waals surface area contributed by atoms with Crippen LogP contribution < -0.4 is 0 Å². The smallest absolute Gasteiger partial charge is 0.107 e. The second-order valence-corrected chi connectivity index (χ2v) is 4.60. The molecule has 80 valence electrons. The number of aryl methyl sites for hydroxylation is 1. The van der Waals surface area contributed by atoms with Crippen LogP contribution in [0.15, 0.2) is 10.7 Å². The van der Waals surface area contributed by atoms with Crippen LogP contribution in [0.25, 0.3) is 0 Å². The van der Waals surface area contributed by atoms with Crippen LogP contribution in [0.4, 0.5) is 0 Å². The van der Waals surface area contributed by atoms with Crippen LogP contribution >= 0.6 is 0 Å². The molecule has 0 aromatic carbocycles. The van der Waals surface area contributed by atoms with E-state index in [1.165, 1.54) is 16.9 Å². The van der Waals surface area contributed by atoms with Gasteiger partial charge < -0.3 is 4.42 Å². The summed E-state index contributed by atoms with van der Waals surface area (Å²) in [4.78, 5) is 0. The molecule has 1 unspecified atom stereocenters. The normalized spacial score (nSPS) is 13.6. The molecule has 1 nitrogen and oxygen atoms in total. The summed E-state index contributed by atoms with van der Waals surface area (Å²) < 4.78 is 5.61. The van der Waals surface area contributed by atoms with E-state index in [-0.39, 0.29) is 0 Å². The van der Waals surface area contributed by atoms with Crippen molar-refractivity contribution in [2.75, 3.05) is 0 Å². The molecule has 0 amide bonds. The lowest BCUT2D eigenvalue weighted by molar-refractivity contribution is 0.375. The average molecular weight is 194 g/mol. The zero-order chi connectivity index (χ0) is 10.7. The maximum atomic E-state index is 5.61. The van der Waals surface area contributed by atoms with Gasteiger partial charge in [-0.15, -0.1) is 0 Å². The fourth-order valence-corrected chi connectivity index (χ4v) is 1.70. The highest BCUT2D eigenvalue weighted by molar-refractivity contribution is 5.27. The van der Waals surface area contributed by atoms with Gasteiger partial charge in [0.25, 0.3) is 0 Å². The van der Waals surface area contributed by atoms with Gasteiger partial charge in [-0.3, -0.25) is 0 Å². The van der Waals surface area contributed by atoms with E-state index >= 15 is 0 Å². The summed E-state index contributed by atoms with van der Waals surface area (Å²) in [5, 5.41) is 0. The summed E-state index contributed by atoms with van der Waals surface area (Å²) >= 11 is 0. The molecule has 0 aliphatic carbocycles. The van der Waals surface area contributed by atoms with Crippen molar-refractivity contribution in [3.05, 3.63) is 23.2 Å². The third kappa shape index (κ3) is 2.40. The first kappa shape index (κ1) is 11.4. The van der Waals surface area contributed by atoms with Crippen molar-refractivity contribution in [1.29, 1.82) is 0 Å². The van der Waals surface area contributed by atoms with Crippen LogP contribution in [0.1, 0.15) is 44.6 Å². The van der Waals surface area contributed by atoms with Gasteiger partial charge >= 0.3 is 0 Å². The third-order valence-electron chi connectivity index (χ3n) is 3.19. The van der Waals surface area contributed by atoms with E-state index in [1.54, 1.807) is 0 Å². The molecular formula is C13H22O. The number of hydrogen-bond donors (Lipinski definition) is 0. The zero-order valence-electron chi connectivity index (χ0n) is 10.1. The molecule has 1 heteroatoms. The first-order chi connectivity index (χ1) is 6.56. The Bertz CT molecular complexity index is 283. The molecule has 0 fully saturated rings. The summed E-state index contributed by atoms with van der Waals surface area (Å²) in [5.41, 5.74) is 2.72. The van der Waals surface area contributed by atoms with Gasteiger partial charge in [-0.25, -0.2) is 0 Å². The maximum absolute atomic E-state index is 5.61. The number of furan rings is 1. The van der Waals surface area contributed by atoms with Crippen LogP contribution in [-0.2, 0) is 12.8 Å². The monoisotopic (exact) mass is 194 g/mol. The quantitative estimate of drug-likeness (QED) is 0.706. The first-order valence-electron chi connectivity index (χ1n) is 5.62. The van der Waals surface area contributed by atoms with E-state index < -0.39 is 0 Å². The molecule has 1 aromatic rings. The Morgan fingerprint density at radius 1 is 1.29 bits per heavy atom. The number of hydrogen-bond acceptors (Lipinski definition) is 1. The minimum absolute atomic E-state index is 0.700. The van der Waals surface area contributed by atoms with E-state index in [4.69, 9.17) is 4.42 Å². The van der Waals surface area contributed by atoms with Gasteiger partial charge in [0.1, 0.15) is 5.76 Å². The van der Waals surface area contributed by atoms with E-state index in [0.717, 1.165) is 18.8 Å². The molecule has 0 saturated heterocycles. The number of rotatable bonds is 4. The van der Waals surface area contributed by atoms with Crippen molar-refractivity contribution in [3.8, 4) is 0 Å². The zero-order valence-corrected chi connectivity index (χ0v) is 10.1. The SMILES string of the molecule is CCc1c(C)coc1CC(C)C(C)C. The second-order valence-electron chi connectivity index (χ2n) is 4.60. The Kier molecular flexibility index (Phi) is 3.79. The van der Waals surface area contributed by atoms with Gasteiger partial charge in [-0.2, -0.15) is 0 Å². The molecule has 0 aliphatic rings. The Balaban J connectivity index is 2.76. The highest BCUT2D eigenvalue weighted by Gasteiger charge is 2.14. The van der Waals surface area contributed by atoms with Gasteiger partial charge in [0.2, 0.25) is 0 Å². The van der Waals surface area contributed by atoms with Crippen molar-refractivity contribution in [2.24, 2.45) is 11.8 Å². The highest BCUT2D eigenvalue weighted by Crippen LogP contribution is 2.23. The predicted octanol–water partition coefficient (Wildman–Crippen LogP) is 3.99. The molecular weight excluding hydrogens is 172 g/mol. The van der Waals surface area contributed by atoms with Crippen molar-refractivity contribution in [3.63, 3.8) is 0 Å². The molecule has 0 bridgehead atoms. The van der Waals surface area contributed by atoms with Gasteiger partial charge in [-0.1, -0.05) is 27.7 Å². The van der Waals surface area contributed by atoms with Crippen molar-refractivity contribution >= 4 is 0 Å². The van der Waals surface area contributed by atoms with Crippen molar-refractivity contribution in [2.45, 2.75) is 47.5 Å². The molecule has 1 rings (SSSR count). The third-order valence-corrected chi connectivity index (χ3v) is 3.19. The van der Waals surface area contributed by atoms with Crippen LogP contribution in [0.2, 0.25) is 0 Å². The summed E-state index contributed by atoms with van der Waals surface area (Å²) in [5.74, 6) is 2.63. The minimum atomic E-state index is 0.700. The molecule has 1 aromatic heterocycles. The first-order valence-corrected chi connectivity index (χ1v) is 5.62. The molecule has 0 aliphatic heterocycles. The Labute approximate surface area is 87.5 Å². The van der Waals surface area contributed by atoms with Crippen molar-refractivity contribution in [1.82, 2.24) is 0 Å². The summed E-state index contributed by atoms with van der Waals surface area (Å²) in [6.07, 6.45) is 4.05. The molecule has 1 atom stereocenters. The van der Waals surface area contributed by atoms with Crippen LogP contribution in [0.5, 0.6) is 0 Å². The minimum Gasteiger partial charge on any atom is -0.469 e. The van der Waals surface area contributed by atoms with Crippen LogP contribution in [-0.4, -0.2) is 0 Å². The van der Waals surface area contributed by atoms with E-state index in [2.05, 4.69) is 34.6 Å². The summed E-state index contributed by atoms with van der Waals surface area (Å²) in [7, 11) is 0. The summed E-state index contributed by atoms with van der Waals surface area (Å²) in [6, 6.07) is 0. The lowest BCUT2D eigenvalue weighted by Gasteiger charge is -2.14. The van der Waals surface area contributed by atoms with Crippen LogP contribution in [0.3, 0.4) is 0 Å². The Hall–Kier alpha value is -0.720. The highest BCUT2D eigenvalue weighted by atomic mass is 16.3. The fraction of sp³-hybridized carbons (Fsp3) is 0.692. The van der Waals surface area contributed by atoms with Gasteiger partial charge in [0.05, 0.1) is 6.26 Å². The standard InChI is InChI=1S/C13H22O/c1-6-12-11(5)8-14-13(12)7-10(4)9(2)3/h8-10H,6-7H2,1-5H3. The van der Waals surface area contributed by atoms with Gasteiger partial charge in [-0.05, 0) is 36.3 Å². The lowest BCUT2D eigenvalue weighted by Crippen LogP contribution is -2.08. The van der Waals surface area contributed by atoms with Gasteiger partial charge in [0, 0.05) is 6.42 Å². The Morgan fingerprint density at radius 2 is 1.93 bits per heavy atom. The molecule has 14 heavy (non-hydrogen) atoms. The molecule has 0 saturated carbocycles. The van der Waals surface area contributed by atoms with E-state index in [9.17, 15) is 0 Å². The second kappa shape index (κ2) is 4.68. The topological polar surface area (TPSA) is 13.1 Å². The lowest BCUT2D eigenvalue weighted by atomic mass is 9.92. The summed E-state index contributed by atoms with van der Waals surface area (Å²) in [6.45, 7) is 11.2. The van der Waals surface area contributed by atoms with E-state index in [0.29, 0.717) is 5.92 Å². The Morgan fingerprint density at radius 3 is 2.43 bits per heavy atom. The molecule has 0 spiro atoms. The molecule has 1 heterocycles. The predicted molar refractivity (Wildman–Crippen MR) is 60.5 cm³/mol. The largest absolute Gasteiger partial charge is 0.469 e. The van der Waals surface area contributed by atoms with Gasteiger partial charge in [0.15, 0.2) is 0 Å². The molecule has 0 N–H and O–H groups in total. The van der Waals surface area contributed by atoms with E-state index in [1.807, 2.05) is 6.26 Å². The molecule has 0 radical (unpaired) electrons.